The molecule has 1 aliphatic heterocycles. The van der Waals surface area contributed by atoms with Gasteiger partial charge in [0.05, 0.1) is 24.0 Å². The molecule has 2 aliphatic rings. The van der Waals surface area contributed by atoms with Crippen molar-refractivity contribution >= 4 is 21.8 Å². The summed E-state index contributed by atoms with van der Waals surface area (Å²) in [6, 6.07) is 8.00. The number of carbonyl (C=O) groups excluding carboxylic acids is 2. The number of rotatable bonds is 6. The van der Waals surface area contributed by atoms with Crippen LogP contribution in [0.5, 0.6) is 0 Å². The standard InChI is InChI=1S/C28H37N3O5S/c1-17-11-18(2)26(19(3)12-17)37(35,36)31-16-28(4,5)30-27(34)24(31)14-25(33)29-23-8-6-7-21-13-20(15-32)9-10-22(21)23/h9-13,23-24,32H,6-8,14-16H2,1-5H3,(H,29,33)(H,30,34)/t23-,24?/m1/s1. The van der Waals surface area contributed by atoms with Gasteiger partial charge in [-0.05, 0) is 81.7 Å². The van der Waals surface area contributed by atoms with E-state index in [1.807, 2.05) is 37.3 Å². The normalized spacial score (nSPS) is 21.7. The first-order valence-corrected chi connectivity index (χ1v) is 14.2. The third-order valence-electron chi connectivity index (χ3n) is 7.25. The van der Waals surface area contributed by atoms with Gasteiger partial charge in [0, 0.05) is 12.1 Å². The Morgan fingerprint density at radius 3 is 2.49 bits per heavy atom. The minimum absolute atomic E-state index is 0.0400. The summed E-state index contributed by atoms with van der Waals surface area (Å²) < 4.78 is 29.2. The molecule has 1 saturated heterocycles. The zero-order valence-electron chi connectivity index (χ0n) is 22.2. The Labute approximate surface area is 219 Å². The molecule has 3 N–H and O–H groups in total. The van der Waals surface area contributed by atoms with Crippen LogP contribution in [0.1, 0.15) is 72.5 Å². The van der Waals surface area contributed by atoms with Crippen LogP contribution in [0.4, 0.5) is 0 Å². The van der Waals surface area contributed by atoms with Gasteiger partial charge in [0.2, 0.25) is 21.8 Å². The molecule has 200 valence electrons. The number of nitrogens with zero attached hydrogens (tertiary/aromatic N) is 1. The zero-order valence-corrected chi connectivity index (χ0v) is 23.0. The summed E-state index contributed by atoms with van der Waals surface area (Å²) in [5.74, 6) is -0.851. The van der Waals surface area contributed by atoms with Gasteiger partial charge < -0.3 is 15.7 Å². The maximum atomic E-state index is 14.0. The van der Waals surface area contributed by atoms with Crippen LogP contribution in [0.2, 0.25) is 0 Å². The molecular formula is C28H37N3O5S. The van der Waals surface area contributed by atoms with Gasteiger partial charge in [0.1, 0.15) is 6.04 Å². The molecule has 37 heavy (non-hydrogen) atoms. The number of hydrogen-bond donors (Lipinski definition) is 3. The van der Waals surface area contributed by atoms with Crippen molar-refractivity contribution in [1.29, 1.82) is 0 Å². The summed E-state index contributed by atoms with van der Waals surface area (Å²) in [5, 5.41) is 15.4. The molecule has 2 aromatic carbocycles. The lowest BCUT2D eigenvalue weighted by Crippen LogP contribution is -2.66. The van der Waals surface area contributed by atoms with Gasteiger partial charge in [-0.3, -0.25) is 9.59 Å². The lowest BCUT2D eigenvalue weighted by Gasteiger charge is -2.43. The van der Waals surface area contributed by atoms with E-state index in [1.165, 1.54) is 4.31 Å². The van der Waals surface area contributed by atoms with Crippen LogP contribution in [-0.2, 0) is 32.6 Å². The molecule has 2 atom stereocenters. The Hall–Kier alpha value is -2.75. The number of sulfonamides is 1. The van der Waals surface area contributed by atoms with Gasteiger partial charge in [-0.2, -0.15) is 4.31 Å². The van der Waals surface area contributed by atoms with Crippen LogP contribution in [0.25, 0.3) is 0 Å². The second kappa shape index (κ2) is 10.2. The van der Waals surface area contributed by atoms with Crippen molar-refractivity contribution in [1.82, 2.24) is 14.9 Å². The van der Waals surface area contributed by atoms with Gasteiger partial charge in [0.15, 0.2) is 0 Å². The highest BCUT2D eigenvalue weighted by Gasteiger charge is 2.46. The van der Waals surface area contributed by atoms with Crippen molar-refractivity contribution < 1.29 is 23.1 Å². The van der Waals surface area contributed by atoms with E-state index in [-0.39, 0.29) is 36.4 Å². The van der Waals surface area contributed by atoms with Gasteiger partial charge in [-0.15, -0.1) is 0 Å². The van der Waals surface area contributed by atoms with Gasteiger partial charge in [-0.25, -0.2) is 8.42 Å². The third kappa shape index (κ3) is 5.58. The van der Waals surface area contributed by atoms with Crippen LogP contribution >= 0.6 is 0 Å². The molecule has 2 aromatic rings. The fraction of sp³-hybridized carbons (Fsp3) is 0.500. The minimum atomic E-state index is -4.06. The molecular weight excluding hydrogens is 490 g/mol. The molecule has 1 unspecified atom stereocenters. The second-order valence-corrected chi connectivity index (χ2v) is 12.9. The number of nitrogens with one attached hydrogen (secondary N) is 2. The zero-order chi connectivity index (χ0) is 27.1. The molecule has 1 heterocycles. The number of benzene rings is 2. The molecule has 8 nitrogen and oxygen atoms in total. The molecule has 0 radical (unpaired) electrons. The fourth-order valence-corrected chi connectivity index (χ4v) is 7.93. The molecule has 1 fully saturated rings. The molecule has 0 saturated carbocycles. The van der Waals surface area contributed by atoms with Crippen molar-refractivity contribution in [3.8, 4) is 0 Å². The summed E-state index contributed by atoms with van der Waals surface area (Å²) in [6.07, 6.45) is 2.24. The lowest BCUT2D eigenvalue weighted by atomic mass is 9.86. The average Bonchev–Trinajstić information content (AvgIpc) is 2.79. The first kappa shape index (κ1) is 27.3. The number of piperazine rings is 1. The maximum Gasteiger partial charge on any atom is 0.244 e. The Kier molecular flexibility index (Phi) is 7.52. The molecule has 4 rings (SSSR count). The molecule has 0 bridgehead atoms. The monoisotopic (exact) mass is 527 g/mol. The minimum Gasteiger partial charge on any atom is -0.392 e. The quantitative estimate of drug-likeness (QED) is 0.534. The van der Waals surface area contributed by atoms with Crippen molar-refractivity contribution in [2.24, 2.45) is 0 Å². The number of aliphatic hydroxyl groups is 1. The molecule has 1 aliphatic carbocycles. The number of amides is 2. The predicted molar refractivity (Wildman–Crippen MR) is 141 cm³/mol. The smallest absolute Gasteiger partial charge is 0.244 e. The average molecular weight is 528 g/mol. The third-order valence-corrected chi connectivity index (χ3v) is 9.41. The first-order chi connectivity index (χ1) is 17.3. The van der Waals surface area contributed by atoms with E-state index in [1.54, 1.807) is 27.7 Å². The van der Waals surface area contributed by atoms with Crippen LogP contribution in [0.15, 0.2) is 35.2 Å². The largest absolute Gasteiger partial charge is 0.392 e. The van der Waals surface area contributed by atoms with Gasteiger partial charge in [0.25, 0.3) is 0 Å². The summed E-state index contributed by atoms with van der Waals surface area (Å²) in [6.45, 7) is 8.99. The van der Waals surface area contributed by atoms with E-state index in [0.29, 0.717) is 11.1 Å². The summed E-state index contributed by atoms with van der Waals surface area (Å²) >= 11 is 0. The first-order valence-electron chi connectivity index (χ1n) is 12.8. The Morgan fingerprint density at radius 2 is 1.84 bits per heavy atom. The van der Waals surface area contributed by atoms with E-state index < -0.39 is 27.5 Å². The summed E-state index contributed by atoms with van der Waals surface area (Å²) in [7, 11) is -4.06. The van der Waals surface area contributed by atoms with Crippen LogP contribution in [0.3, 0.4) is 0 Å². The van der Waals surface area contributed by atoms with E-state index in [0.717, 1.165) is 41.5 Å². The number of aliphatic hydroxyl groups excluding tert-OH is 1. The topological polar surface area (TPSA) is 116 Å². The lowest BCUT2D eigenvalue weighted by molar-refractivity contribution is -0.134. The van der Waals surface area contributed by atoms with Crippen molar-refractivity contribution in [3.05, 3.63) is 63.7 Å². The summed E-state index contributed by atoms with van der Waals surface area (Å²) in [4.78, 5) is 26.6. The van der Waals surface area contributed by atoms with E-state index in [2.05, 4.69) is 10.6 Å². The SMILES string of the molecule is Cc1cc(C)c(S(=O)(=O)N2CC(C)(C)NC(=O)C2CC(=O)N[C@@H]2CCCc3cc(CO)ccc32)c(C)c1. The number of carbonyl (C=O) groups is 2. The number of aryl methyl sites for hydroxylation is 4. The molecule has 9 heteroatoms. The Morgan fingerprint density at radius 1 is 1.16 bits per heavy atom. The van der Waals surface area contributed by atoms with Crippen LogP contribution < -0.4 is 10.6 Å². The van der Waals surface area contributed by atoms with Crippen LogP contribution in [-0.4, -0.2) is 47.8 Å². The fourth-order valence-electron chi connectivity index (χ4n) is 5.77. The highest BCUT2D eigenvalue weighted by molar-refractivity contribution is 7.89. The highest BCUT2D eigenvalue weighted by Crippen LogP contribution is 2.33. The van der Waals surface area contributed by atoms with E-state index >= 15 is 0 Å². The summed E-state index contributed by atoms with van der Waals surface area (Å²) in [5.41, 5.74) is 4.33. The second-order valence-electron chi connectivity index (χ2n) is 11.1. The van der Waals surface area contributed by atoms with E-state index in [9.17, 15) is 23.1 Å². The molecule has 0 aromatic heterocycles. The molecule has 2 amide bonds. The van der Waals surface area contributed by atoms with Crippen LogP contribution in [0, 0.1) is 20.8 Å². The highest BCUT2D eigenvalue weighted by atomic mass is 32.2. The number of hydrogen-bond acceptors (Lipinski definition) is 5. The Bertz CT molecular complexity index is 1310. The predicted octanol–water partition coefficient (Wildman–Crippen LogP) is 2.96. The van der Waals surface area contributed by atoms with Crippen molar-refractivity contribution in [2.75, 3.05) is 6.54 Å². The Balaban J connectivity index is 1.61. The van der Waals surface area contributed by atoms with Gasteiger partial charge in [-0.1, -0.05) is 35.9 Å². The van der Waals surface area contributed by atoms with Crippen molar-refractivity contribution in [2.45, 2.75) is 89.4 Å². The van der Waals surface area contributed by atoms with Crippen molar-refractivity contribution in [3.63, 3.8) is 0 Å². The molecule has 0 spiro atoms. The number of fused-ring (bicyclic) bond motifs is 1. The maximum absolute atomic E-state index is 14.0. The van der Waals surface area contributed by atoms with Gasteiger partial charge >= 0.3 is 0 Å². The van der Waals surface area contributed by atoms with E-state index in [4.69, 9.17) is 0 Å².